The smallest absolute Gasteiger partial charge is 0.332 e. The number of hydrogen-bond donors (Lipinski definition) is 0. The molecule has 0 fully saturated rings. The minimum atomic E-state index is -0.489. The molecule has 1 atom stereocenters. The molecule has 0 N–H and O–H groups in total. The predicted molar refractivity (Wildman–Crippen MR) is 110 cm³/mol. The van der Waals surface area contributed by atoms with Crippen LogP contribution >= 0.6 is 0 Å². The molecule has 0 spiro atoms. The number of aromatic nitrogens is 3. The molecule has 2 aromatic heterocycles. The third-order valence-corrected chi connectivity index (χ3v) is 5.17. The number of hydrogen-bond acceptors (Lipinski definition) is 5. The number of benzene rings is 1. The quantitative estimate of drug-likeness (QED) is 0.657. The van der Waals surface area contributed by atoms with Gasteiger partial charge in [0.2, 0.25) is 0 Å². The highest BCUT2D eigenvalue weighted by Gasteiger charge is 2.23. The number of carbonyl (C=O) groups is 1. The Kier molecular flexibility index (Phi) is 5.54. The zero-order chi connectivity index (χ0) is 21.3. The molecule has 0 bridgehead atoms. The van der Waals surface area contributed by atoms with Crippen LogP contribution in [-0.2, 0) is 14.1 Å². The van der Waals surface area contributed by atoms with Gasteiger partial charge in [-0.25, -0.2) is 9.78 Å². The summed E-state index contributed by atoms with van der Waals surface area (Å²) >= 11 is 0. The average Bonchev–Trinajstić information content (AvgIpc) is 2.76. The molecule has 0 aliphatic heterocycles. The molecular weight excluding hydrogens is 372 g/mol. The summed E-state index contributed by atoms with van der Waals surface area (Å²) in [6, 6.07) is 10.4. The third-order valence-electron chi connectivity index (χ3n) is 5.17. The van der Waals surface area contributed by atoms with Gasteiger partial charge in [-0.1, -0.05) is 12.1 Å². The van der Waals surface area contributed by atoms with Crippen LogP contribution in [-0.4, -0.2) is 38.6 Å². The first kappa shape index (κ1) is 20.3. The molecular formula is C21H24N4O4. The molecule has 0 radical (unpaired) electrons. The molecule has 3 aromatic rings. The SMILES string of the molecule is CCN(C(=O)c1ccc2c(=O)n(C)c(=O)n(C)c2n1)C(C)c1cccc(OC)c1. The molecule has 0 saturated carbocycles. The van der Waals surface area contributed by atoms with E-state index in [2.05, 4.69) is 4.98 Å². The Morgan fingerprint density at radius 2 is 1.90 bits per heavy atom. The number of nitrogens with zero attached hydrogens (tertiary/aromatic N) is 4. The Labute approximate surface area is 168 Å². The first-order valence-electron chi connectivity index (χ1n) is 9.31. The Balaban J connectivity index is 2.04. The molecule has 29 heavy (non-hydrogen) atoms. The minimum absolute atomic E-state index is 0.178. The molecule has 2 heterocycles. The molecule has 0 aliphatic carbocycles. The van der Waals surface area contributed by atoms with E-state index in [4.69, 9.17) is 4.74 Å². The van der Waals surface area contributed by atoms with Crippen LogP contribution in [0.25, 0.3) is 11.0 Å². The maximum absolute atomic E-state index is 13.2. The number of carbonyl (C=O) groups excluding carboxylic acids is 1. The number of fused-ring (bicyclic) bond motifs is 1. The Morgan fingerprint density at radius 3 is 2.55 bits per heavy atom. The lowest BCUT2D eigenvalue weighted by atomic mass is 10.1. The molecule has 0 saturated heterocycles. The summed E-state index contributed by atoms with van der Waals surface area (Å²) in [6.45, 7) is 4.29. The molecule has 0 aliphatic rings. The van der Waals surface area contributed by atoms with E-state index in [1.54, 1.807) is 18.1 Å². The highest BCUT2D eigenvalue weighted by atomic mass is 16.5. The van der Waals surface area contributed by atoms with Gasteiger partial charge in [0.05, 0.1) is 18.5 Å². The van der Waals surface area contributed by atoms with Crippen LogP contribution in [0.15, 0.2) is 46.0 Å². The van der Waals surface area contributed by atoms with Crippen LogP contribution in [0.2, 0.25) is 0 Å². The Morgan fingerprint density at radius 1 is 1.17 bits per heavy atom. The first-order valence-corrected chi connectivity index (χ1v) is 9.31. The van der Waals surface area contributed by atoms with Crippen molar-refractivity contribution in [3.8, 4) is 5.75 Å². The lowest BCUT2D eigenvalue weighted by molar-refractivity contribution is 0.0696. The van der Waals surface area contributed by atoms with Crippen molar-refractivity contribution in [2.24, 2.45) is 14.1 Å². The zero-order valence-electron chi connectivity index (χ0n) is 17.2. The summed E-state index contributed by atoms with van der Waals surface area (Å²) in [5, 5.41) is 0.287. The third kappa shape index (κ3) is 3.53. The van der Waals surface area contributed by atoms with Crippen LogP contribution in [0.3, 0.4) is 0 Å². The highest BCUT2D eigenvalue weighted by molar-refractivity contribution is 5.94. The molecule has 8 nitrogen and oxygen atoms in total. The van der Waals surface area contributed by atoms with Crippen molar-refractivity contribution >= 4 is 16.9 Å². The molecule has 1 unspecified atom stereocenters. The Bertz CT molecular complexity index is 1200. The number of pyridine rings is 1. The summed E-state index contributed by atoms with van der Waals surface area (Å²) < 4.78 is 7.57. The van der Waals surface area contributed by atoms with Crippen LogP contribution in [0.4, 0.5) is 0 Å². The summed E-state index contributed by atoms with van der Waals surface area (Å²) in [5.74, 6) is 0.436. The summed E-state index contributed by atoms with van der Waals surface area (Å²) in [4.78, 5) is 43.8. The van der Waals surface area contributed by atoms with Gasteiger partial charge in [-0.3, -0.25) is 18.7 Å². The molecule has 8 heteroatoms. The highest BCUT2D eigenvalue weighted by Crippen LogP contribution is 2.25. The summed E-state index contributed by atoms with van der Waals surface area (Å²) in [6.07, 6.45) is 0. The fourth-order valence-corrected chi connectivity index (χ4v) is 3.40. The second kappa shape index (κ2) is 7.90. The van der Waals surface area contributed by atoms with E-state index in [9.17, 15) is 14.4 Å². The van der Waals surface area contributed by atoms with E-state index >= 15 is 0 Å². The van der Waals surface area contributed by atoms with E-state index in [1.807, 2.05) is 38.1 Å². The maximum Gasteiger partial charge on any atom is 0.332 e. The largest absolute Gasteiger partial charge is 0.497 e. The van der Waals surface area contributed by atoms with Gasteiger partial charge >= 0.3 is 5.69 Å². The predicted octanol–water partition coefficient (Wildman–Crippen LogP) is 1.86. The van der Waals surface area contributed by atoms with Crippen molar-refractivity contribution in [1.29, 1.82) is 0 Å². The van der Waals surface area contributed by atoms with E-state index in [1.165, 1.54) is 24.7 Å². The standard InChI is InChI=1S/C21H24N4O4/c1-6-25(13(2)14-8-7-9-15(12-14)29-5)20(27)17-11-10-16-18(22-17)23(3)21(28)24(4)19(16)26/h7-13H,6H2,1-5H3. The van der Waals surface area contributed by atoms with Crippen molar-refractivity contribution in [1.82, 2.24) is 19.0 Å². The van der Waals surface area contributed by atoms with Gasteiger partial charge in [-0.05, 0) is 43.7 Å². The van der Waals surface area contributed by atoms with Crippen molar-refractivity contribution < 1.29 is 9.53 Å². The van der Waals surface area contributed by atoms with Gasteiger partial charge in [0, 0.05) is 20.6 Å². The van der Waals surface area contributed by atoms with E-state index < -0.39 is 11.2 Å². The normalized spacial score (nSPS) is 12.0. The van der Waals surface area contributed by atoms with Gasteiger partial charge < -0.3 is 9.64 Å². The van der Waals surface area contributed by atoms with Gasteiger partial charge in [-0.2, -0.15) is 0 Å². The molecule has 1 amide bonds. The van der Waals surface area contributed by atoms with Crippen LogP contribution in [0, 0.1) is 0 Å². The van der Waals surface area contributed by atoms with Crippen molar-refractivity contribution in [3.05, 3.63) is 68.5 Å². The van der Waals surface area contributed by atoms with E-state index in [0.29, 0.717) is 12.3 Å². The van der Waals surface area contributed by atoms with Gasteiger partial charge in [-0.15, -0.1) is 0 Å². The molecule has 3 rings (SSSR count). The maximum atomic E-state index is 13.2. The van der Waals surface area contributed by atoms with Crippen molar-refractivity contribution in [2.45, 2.75) is 19.9 Å². The monoisotopic (exact) mass is 396 g/mol. The van der Waals surface area contributed by atoms with Crippen LogP contribution < -0.4 is 16.0 Å². The van der Waals surface area contributed by atoms with Gasteiger partial charge in [0.15, 0.2) is 0 Å². The second-order valence-electron chi connectivity index (χ2n) is 6.82. The Hall–Kier alpha value is -3.42. The second-order valence-corrected chi connectivity index (χ2v) is 6.82. The summed E-state index contributed by atoms with van der Waals surface area (Å²) in [5.41, 5.74) is 0.372. The zero-order valence-corrected chi connectivity index (χ0v) is 17.2. The van der Waals surface area contributed by atoms with E-state index in [0.717, 1.165) is 10.1 Å². The number of aryl methyl sites for hydroxylation is 1. The van der Waals surface area contributed by atoms with Crippen LogP contribution in [0.5, 0.6) is 5.75 Å². The lowest BCUT2D eigenvalue weighted by Gasteiger charge is -2.28. The lowest BCUT2D eigenvalue weighted by Crippen LogP contribution is -2.38. The van der Waals surface area contributed by atoms with Gasteiger partial charge in [0.25, 0.3) is 11.5 Å². The van der Waals surface area contributed by atoms with Crippen molar-refractivity contribution in [2.75, 3.05) is 13.7 Å². The fraction of sp³-hybridized carbons (Fsp3) is 0.333. The topological polar surface area (TPSA) is 86.4 Å². The minimum Gasteiger partial charge on any atom is -0.497 e. The fourth-order valence-electron chi connectivity index (χ4n) is 3.40. The summed E-state index contributed by atoms with van der Waals surface area (Å²) in [7, 11) is 4.54. The van der Waals surface area contributed by atoms with Gasteiger partial charge in [0.1, 0.15) is 17.1 Å². The molecule has 152 valence electrons. The van der Waals surface area contributed by atoms with Crippen LogP contribution in [0.1, 0.15) is 35.9 Å². The average molecular weight is 396 g/mol. The number of amides is 1. The number of methoxy groups -OCH3 is 1. The first-order chi connectivity index (χ1) is 13.8. The van der Waals surface area contributed by atoms with Crippen molar-refractivity contribution in [3.63, 3.8) is 0 Å². The molecule has 1 aromatic carbocycles. The van der Waals surface area contributed by atoms with E-state index in [-0.39, 0.29) is 28.7 Å². The number of rotatable bonds is 5. The number of ether oxygens (including phenoxy) is 1.